The SMILES string of the molecule is CCOC(=O)C1(NCc2ccc(CO)cc2)CCCC1. The molecule has 0 aromatic heterocycles. The molecule has 0 spiro atoms. The number of ether oxygens (including phenoxy) is 1. The summed E-state index contributed by atoms with van der Waals surface area (Å²) in [4.78, 5) is 12.2. The van der Waals surface area contributed by atoms with E-state index >= 15 is 0 Å². The summed E-state index contributed by atoms with van der Waals surface area (Å²) in [6, 6.07) is 7.77. The predicted octanol–water partition coefficient (Wildman–Crippen LogP) is 2.14. The van der Waals surface area contributed by atoms with Crippen molar-refractivity contribution in [3.8, 4) is 0 Å². The van der Waals surface area contributed by atoms with E-state index < -0.39 is 5.54 Å². The number of carbonyl (C=O) groups excluding carboxylic acids is 1. The van der Waals surface area contributed by atoms with Gasteiger partial charge in [0.25, 0.3) is 0 Å². The number of aliphatic hydroxyl groups is 1. The van der Waals surface area contributed by atoms with Crippen molar-refractivity contribution in [1.82, 2.24) is 5.32 Å². The first-order valence-electron chi connectivity index (χ1n) is 7.31. The number of hydrogen-bond acceptors (Lipinski definition) is 4. The molecule has 1 fully saturated rings. The van der Waals surface area contributed by atoms with E-state index in [9.17, 15) is 4.79 Å². The standard InChI is InChI=1S/C16H23NO3/c1-2-20-15(19)16(9-3-4-10-16)17-11-13-5-7-14(12-18)8-6-13/h5-8,17-18H,2-4,9-12H2,1H3. The lowest BCUT2D eigenvalue weighted by atomic mass is 9.97. The van der Waals surface area contributed by atoms with Crippen LogP contribution in [0.3, 0.4) is 0 Å². The van der Waals surface area contributed by atoms with Crippen LogP contribution in [0.15, 0.2) is 24.3 Å². The van der Waals surface area contributed by atoms with Gasteiger partial charge >= 0.3 is 5.97 Å². The van der Waals surface area contributed by atoms with Crippen LogP contribution in [0.4, 0.5) is 0 Å². The second kappa shape index (κ2) is 6.86. The van der Waals surface area contributed by atoms with E-state index in [1.165, 1.54) is 0 Å². The molecule has 110 valence electrons. The molecule has 0 aliphatic heterocycles. The van der Waals surface area contributed by atoms with Gasteiger partial charge in [0.1, 0.15) is 5.54 Å². The highest BCUT2D eigenvalue weighted by Crippen LogP contribution is 2.31. The molecule has 1 saturated carbocycles. The minimum atomic E-state index is -0.508. The van der Waals surface area contributed by atoms with Crippen molar-refractivity contribution in [1.29, 1.82) is 0 Å². The van der Waals surface area contributed by atoms with Gasteiger partial charge < -0.3 is 9.84 Å². The summed E-state index contributed by atoms with van der Waals surface area (Å²) in [6.45, 7) is 2.96. The van der Waals surface area contributed by atoms with Crippen molar-refractivity contribution >= 4 is 5.97 Å². The van der Waals surface area contributed by atoms with Gasteiger partial charge in [-0.2, -0.15) is 0 Å². The first kappa shape index (κ1) is 15.0. The lowest BCUT2D eigenvalue weighted by Crippen LogP contribution is -2.50. The Kier molecular flexibility index (Phi) is 5.15. The maximum absolute atomic E-state index is 12.2. The highest BCUT2D eigenvalue weighted by molar-refractivity contribution is 5.81. The van der Waals surface area contributed by atoms with E-state index in [0.717, 1.165) is 36.8 Å². The third kappa shape index (κ3) is 3.38. The molecule has 0 atom stereocenters. The molecule has 4 heteroatoms. The summed E-state index contributed by atoms with van der Waals surface area (Å²) >= 11 is 0. The number of hydrogen-bond donors (Lipinski definition) is 2. The van der Waals surface area contributed by atoms with Gasteiger partial charge in [0, 0.05) is 6.54 Å². The quantitative estimate of drug-likeness (QED) is 0.782. The van der Waals surface area contributed by atoms with Gasteiger partial charge in [0.2, 0.25) is 0 Å². The number of rotatable bonds is 6. The Labute approximate surface area is 120 Å². The second-order valence-corrected chi connectivity index (χ2v) is 5.34. The van der Waals surface area contributed by atoms with Gasteiger partial charge in [-0.3, -0.25) is 10.1 Å². The minimum Gasteiger partial charge on any atom is -0.465 e. The van der Waals surface area contributed by atoms with Gasteiger partial charge in [-0.05, 0) is 30.9 Å². The molecule has 0 amide bonds. The molecule has 1 aromatic carbocycles. The van der Waals surface area contributed by atoms with Crippen LogP contribution in [0.2, 0.25) is 0 Å². The molecule has 4 nitrogen and oxygen atoms in total. The van der Waals surface area contributed by atoms with Crippen LogP contribution in [-0.4, -0.2) is 23.2 Å². The van der Waals surface area contributed by atoms with E-state index in [4.69, 9.17) is 9.84 Å². The topological polar surface area (TPSA) is 58.6 Å². The van der Waals surface area contributed by atoms with E-state index in [2.05, 4.69) is 5.32 Å². The number of nitrogens with one attached hydrogen (secondary N) is 1. The molecule has 2 N–H and O–H groups in total. The smallest absolute Gasteiger partial charge is 0.326 e. The molecule has 0 saturated heterocycles. The normalized spacial score (nSPS) is 17.1. The summed E-state index contributed by atoms with van der Waals surface area (Å²) in [5.74, 6) is -0.121. The monoisotopic (exact) mass is 277 g/mol. The summed E-state index contributed by atoms with van der Waals surface area (Å²) < 4.78 is 5.22. The Morgan fingerprint density at radius 1 is 1.25 bits per heavy atom. The van der Waals surface area contributed by atoms with Crippen molar-refractivity contribution in [2.75, 3.05) is 6.61 Å². The van der Waals surface area contributed by atoms with Gasteiger partial charge in [-0.15, -0.1) is 0 Å². The minimum absolute atomic E-state index is 0.0560. The van der Waals surface area contributed by atoms with Crippen LogP contribution < -0.4 is 5.32 Å². The van der Waals surface area contributed by atoms with Crippen LogP contribution in [0.25, 0.3) is 0 Å². The van der Waals surface area contributed by atoms with Crippen molar-refractivity contribution in [3.63, 3.8) is 0 Å². The number of benzene rings is 1. The molecule has 1 aliphatic carbocycles. The molecule has 2 rings (SSSR count). The summed E-state index contributed by atoms with van der Waals surface area (Å²) in [6.07, 6.45) is 3.83. The zero-order valence-electron chi connectivity index (χ0n) is 12.0. The zero-order valence-corrected chi connectivity index (χ0v) is 12.0. The summed E-state index contributed by atoms with van der Waals surface area (Å²) in [7, 11) is 0. The Morgan fingerprint density at radius 2 is 1.85 bits per heavy atom. The zero-order chi connectivity index (χ0) is 14.4. The predicted molar refractivity (Wildman–Crippen MR) is 77.0 cm³/mol. The van der Waals surface area contributed by atoms with Crippen molar-refractivity contribution in [3.05, 3.63) is 35.4 Å². The van der Waals surface area contributed by atoms with Crippen molar-refractivity contribution in [2.24, 2.45) is 0 Å². The van der Waals surface area contributed by atoms with Crippen LogP contribution in [0.5, 0.6) is 0 Å². The Bertz CT molecular complexity index is 436. The molecule has 0 bridgehead atoms. The Morgan fingerprint density at radius 3 is 2.40 bits per heavy atom. The van der Waals surface area contributed by atoms with Gasteiger partial charge in [0.05, 0.1) is 13.2 Å². The van der Waals surface area contributed by atoms with E-state index in [1.807, 2.05) is 31.2 Å². The summed E-state index contributed by atoms with van der Waals surface area (Å²) in [5, 5.41) is 12.4. The van der Waals surface area contributed by atoms with Crippen LogP contribution in [-0.2, 0) is 22.7 Å². The molecule has 1 aliphatic rings. The van der Waals surface area contributed by atoms with E-state index in [0.29, 0.717) is 13.2 Å². The van der Waals surface area contributed by atoms with Crippen molar-refractivity contribution in [2.45, 2.75) is 51.3 Å². The highest BCUT2D eigenvalue weighted by atomic mass is 16.5. The largest absolute Gasteiger partial charge is 0.465 e. The van der Waals surface area contributed by atoms with Gasteiger partial charge in [0.15, 0.2) is 0 Å². The van der Waals surface area contributed by atoms with Gasteiger partial charge in [-0.1, -0.05) is 37.1 Å². The first-order chi connectivity index (χ1) is 9.70. The maximum Gasteiger partial charge on any atom is 0.326 e. The van der Waals surface area contributed by atoms with E-state index in [1.54, 1.807) is 0 Å². The van der Waals surface area contributed by atoms with Gasteiger partial charge in [-0.25, -0.2) is 0 Å². The average Bonchev–Trinajstić information content (AvgIpc) is 2.96. The Hall–Kier alpha value is -1.39. The second-order valence-electron chi connectivity index (χ2n) is 5.34. The average molecular weight is 277 g/mol. The molecule has 20 heavy (non-hydrogen) atoms. The molecular weight excluding hydrogens is 254 g/mol. The molecule has 0 unspecified atom stereocenters. The number of carbonyl (C=O) groups is 1. The number of aliphatic hydroxyl groups excluding tert-OH is 1. The third-order valence-electron chi connectivity index (χ3n) is 3.96. The lowest BCUT2D eigenvalue weighted by molar-refractivity contribution is -0.151. The fourth-order valence-corrected chi connectivity index (χ4v) is 2.73. The fraction of sp³-hybridized carbons (Fsp3) is 0.562. The molecule has 0 heterocycles. The van der Waals surface area contributed by atoms with E-state index in [-0.39, 0.29) is 12.6 Å². The van der Waals surface area contributed by atoms with Crippen molar-refractivity contribution < 1.29 is 14.6 Å². The molecule has 1 aromatic rings. The van der Waals surface area contributed by atoms with Crippen LogP contribution >= 0.6 is 0 Å². The fourth-order valence-electron chi connectivity index (χ4n) is 2.73. The number of esters is 1. The van der Waals surface area contributed by atoms with Crippen LogP contribution in [0, 0.1) is 0 Å². The lowest BCUT2D eigenvalue weighted by Gasteiger charge is -2.28. The highest BCUT2D eigenvalue weighted by Gasteiger charge is 2.41. The van der Waals surface area contributed by atoms with Crippen LogP contribution in [0.1, 0.15) is 43.7 Å². The third-order valence-corrected chi connectivity index (χ3v) is 3.96. The Balaban J connectivity index is 1.99. The first-order valence-corrected chi connectivity index (χ1v) is 7.31. The molecule has 0 radical (unpaired) electrons. The maximum atomic E-state index is 12.2. The summed E-state index contributed by atoms with van der Waals surface area (Å²) in [5.41, 5.74) is 1.50. The molecular formula is C16H23NO3.